The molecule has 0 aliphatic heterocycles. The topological polar surface area (TPSA) is 43.6 Å². The maximum Gasteiger partial charge on any atom is 0.406 e. The third-order valence-corrected chi connectivity index (χ3v) is 2.41. The first-order valence-corrected chi connectivity index (χ1v) is 5.48. The van der Waals surface area contributed by atoms with Crippen molar-refractivity contribution in [3.63, 3.8) is 0 Å². The summed E-state index contributed by atoms with van der Waals surface area (Å²) in [5, 5.41) is 0. The molecule has 4 nitrogen and oxygen atoms in total. The fourth-order valence-corrected chi connectivity index (χ4v) is 1.56. The first-order chi connectivity index (χ1) is 8.96. The van der Waals surface area contributed by atoms with Crippen LogP contribution < -0.4 is 0 Å². The van der Waals surface area contributed by atoms with E-state index in [9.17, 15) is 13.2 Å². The molecule has 0 amide bonds. The van der Waals surface area contributed by atoms with Crippen molar-refractivity contribution in [2.75, 3.05) is 0 Å². The van der Waals surface area contributed by atoms with Crippen molar-refractivity contribution in [1.29, 1.82) is 0 Å². The van der Waals surface area contributed by atoms with E-state index in [1.165, 1.54) is 24.8 Å². The molecule has 0 saturated carbocycles. The van der Waals surface area contributed by atoms with Crippen LogP contribution in [0.5, 0.6) is 0 Å². The van der Waals surface area contributed by atoms with E-state index in [0.717, 1.165) is 4.57 Å². The Morgan fingerprint density at radius 3 is 2.68 bits per heavy atom. The van der Waals surface area contributed by atoms with Crippen molar-refractivity contribution < 1.29 is 13.2 Å². The number of hydrogen-bond acceptors (Lipinski definition) is 3. The average Bonchev–Trinajstić information content (AvgIpc) is 2.75. The molecule has 100 valence electrons. The van der Waals surface area contributed by atoms with Crippen LogP contribution in [0, 0.1) is 0 Å². The van der Waals surface area contributed by atoms with Gasteiger partial charge in [0.1, 0.15) is 12.4 Å². The number of nitrogens with zero attached hydrogens (tertiary/aromatic N) is 4. The van der Waals surface area contributed by atoms with Gasteiger partial charge in [0.2, 0.25) is 0 Å². The van der Waals surface area contributed by atoms with E-state index in [1.54, 1.807) is 19.2 Å². The molecule has 0 saturated heterocycles. The summed E-state index contributed by atoms with van der Waals surface area (Å²) < 4.78 is 38.1. The Balaban J connectivity index is 2.26. The van der Waals surface area contributed by atoms with E-state index >= 15 is 0 Å². The van der Waals surface area contributed by atoms with Crippen molar-refractivity contribution in [3.05, 3.63) is 42.5 Å². The summed E-state index contributed by atoms with van der Waals surface area (Å²) in [5.74, 6) is 0.237. The molecule has 0 aromatic carbocycles. The molecule has 2 aromatic heterocycles. The van der Waals surface area contributed by atoms with E-state index in [0.29, 0.717) is 11.3 Å². The molecule has 0 unspecified atom stereocenters. The third-order valence-electron chi connectivity index (χ3n) is 2.41. The van der Waals surface area contributed by atoms with Crippen LogP contribution in [-0.4, -0.2) is 25.7 Å². The van der Waals surface area contributed by atoms with E-state index in [2.05, 4.69) is 15.0 Å². The Hall–Kier alpha value is -2.18. The molecule has 0 radical (unpaired) electrons. The minimum absolute atomic E-state index is 0.237. The van der Waals surface area contributed by atoms with Crippen LogP contribution in [0.4, 0.5) is 13.2 Å². The number of rotatable bonds is 3. The summed E-state index contributed by atoms with van der Waals surface area (Å²) in [7, 11) is 0. The zero-order chi connectivity index (χ0) is 13.9. The van der Waals surface area contributed by atoms with Crippen LogP contribution in [0.3, 0.4) is 0 Å². The highest BCUT2D eigenvalue weighted by atomic mass is 19.4. The van der Waals surface area contributed by atoms with Gasteiger partial charge in [-0.05, 0) is 18.6 Å². The van der Waals surface area contributed by atoms with Crippen LogP contribution in [0.1, 0.15) is 18.4 Å². The standard InChI is InChI=1S/C12H11F3N4/c1-9(10-7-16-2-3-17-10)6-11-18-4-5-19(11)8-12(13,14)15/h2-7H,8H2,1H3. The highest BCUT2D eigenvalue weighted by molar-refractivity contribution is 5.76. The minimum Gasteiger partial charge on any atom is -0.322 e. The Morgan fingerprint density at radius 2 is 2.05 bits per heavy atom. The molecule has 0 bridgehead atoms. The quantitative estimate of drug-likeness (QED) is 0.859. The molecule has 7 heteroatoms. The maximum absolute atomic E-state index is 12.4. The van der Waals surface area contributed by atoms with Gasteiger partial charge >= 0.3 is 6.18 Å². The number of allylic oxidation sites excluding steroid dienone is 1. The van der Waals surface area contributed by atoms with Gasteiger partial charge in [0.15, 0.2) is 0 Å². The minimum atomic E-state index is -4.27. The van der Waals surface area contributed by atoms with E-state index in [-0.39, 0.29) is 5.82 Å². The monoisotopic (exact) mass is 268 g/mol. The van der Waals surface area contributed by atoms with Gasteiger partial charge in [-0.1, -0.05) is 0 Å². The SMILES string of the molecule is CC(=Cc1nccn1CC(F)(F)F)c1cnccn1. The number of hydrogen-bond donors (Lipinski definition) is 0. The number of aromatic nitrogens is 4. The molecule has 2 rings (SSSR count). The number of halogens is 3. The predicted molar refractivity (Wildman–Crippen MR) is 63.9 cm³/mol. The van der Waals surface area contributed by atoms with E-state index in [1.807, 2.05) is 0 Å². The molecule has 0 aliphatic rings. The van der Waals surface area contributed by atoms with Gasteiger partial charge in [-0.15, -0.1) is 0 Å². The van der Waals surface area contributed by atoms with Crippen LogP contribution in [-0.2, 0) is 6.54 Å². The summed E-state index contributed by atoms with van der Waals surface area (Å²) in [6, 6.07) is 0. The van der Waals surface area contributed by atoms with Crippen molar-refractivity contribution in [2.24, 2.45) is 0 Å². The van der Waals surface area contributed by atoms with Crippen LogP contribution in [0.15, 0.2) is 31.0 Å². The summed E-state index contributed by atoms with van der Waals surface area (Å²) in [6.45, 7) is 0.684. The molecule has 0 atom stereocenters. The molecule has 2 heterocycles. The van der Waals surface area contributed by atoms with Crippen molar-refractivity contribution in [3.8, 4) is 0 Å². The van der Waals surface area contributed by atoms with Gasteiger partial charge in [0.25, 0.3) is 0 Å². The van der Waals surface area contributed by atoms with Gasteiger partial charge in [-0.25, -0.2) is 4.98 Å². The summed E-state index contributed by atoms with van der Waals surface area (Å²) in [4.78, 5) is 11.9. The third kappa shape index (κ3) is 3.64. The molecule has 0 N–H and O–H groups in total. The first kappa shape index (κ1) is 13.3. The van der Waals surface area contributed by atoms with Crippen LogP contribution >= 0.6 is 0 Å². The van der Waals surface area contributed by atoms with Crippen LogP contribution in [0.25, 0.3) is 11.6 Å². The molecule has 2 aromatic rings. The number of alkyl halides is 3. The Morgan fingerprint density at radius 1 is 1.26 bits per heavy atom. The summed E-state index contributed by atoms with van der Waals surface area (Å²) in [5.41, 5.74) is 1.30. The Bertz CT molecular complexity index is 572. The zero-order valence-electron chi connectivity index (χ0n) is 10.1. The molecular formula is C12H11F3N4. The van der Waals surface area contributed by atoms with Gasteiger partial charge in [-0.3, -0.25) is 9.97 Å². The maximum atomic E-state index is 12.4. The second kappa shape index (κ2) is 5.21. The number of imidazole rings is 1. The second-order valence-corrected chi connectivity index (χ2v) is 3.95. The van der Waals surface area contributed by atoms with E-state index < -0.39 is 12.7 Å². The average molecular weight is 268 g/mol. The van der Waals surface area contributed by atoms with Crippen molar-refractivity contribution in [1.82, 2.24) is 19.5 Å². The molecule has 0 fully saturated rings. The van der Waals surface area contributed by atoms with Crippen molar-refractivity contribution >= 4 is 11.6 Å². The lowest BCUT2D eigenvalue weighted by molar-refractivity contribution is -0.140. The highest BCUT2D eigenvalue weighted by Gasteiger charge is 2.28. The Labute approximate surface area is 107 Å². The molecule has 0 spiro atoms. The zero-order valence-corrected chi connectivity index (χ0v) is 10.1. The highest BCUT2D eigenvalue weighted by Crippen LogP contribution is 2.20. The fourth-order valence-electron chi connectivity index (χ4n) is 1.56. The van der Waals surface area contributed by atoms with Gasteiger partial charge in [0, 0.05) is 24.8 Å². The molecular weight excluding hydrogens is 257 g/mol. The normalized spacial score (nSPS) is 12.7. The smallest absolute Gasteiger partial charge is 0.322 e. The molecule has 19 heavy (non-hydrogen) atoms. The first-order valence-electron chi connectivity index (χ1n) is 5.48. The van der Waals surface area contributed by atoms with Gasteiger partial charge in [-0.2, -0.15) is 13.2 Å². The molecule has 0 aliphatic carbocycles. The summed E-state index contributed by atoms with van der Waals surface area (Å²) >= 11 is 0. The predicted octanol–water partition coefficient (Wildman–Crippen LogP) is 2.80. The van der Waals surface area contributed by atoms with Crippen LogP contribution in [0.2, 0.25) is 0 Å². The van der Waals surface area contributed by atoms with Crippen molar-refractivity contribution in [2.45, 2.75) is 19.6 Å². The summed E-state index contributed by atoms with van der Waals surface area (Å²) in [6.07, 6.45) is 4.50. The second-order valence-electron chi connectivity index (χ2n) is 3.95. The Kier molecular flexibility index (Phi) is 3.64. The largest absolute Gasteiger partial charge is 0.406 e. The fraction of sp³-hybridized carbons (Fsp3) is 0.250. The lowest BCUT2D eigenvalue weighted by Gasteiger charge is -2.09. The lowest BCUT2D eigenvalue weighted by atomic mass is 10.2. The lowest BCUT2D eigenvalue weighted by Crippen LogP contribution is -2.18. The van der Waals surface area contributed by atoms with Gasteiger partial charge < -0.3 is 4.57 Å². The van der Waals surface area contributed by atoms with E-state index in [4.69, 9.17) is 0 Å². The van der Waals surface area contributed by atoms with Gasteiger partial charge in [0.05, 0.1) is 11.9 Å².